The van der Waals surface area contributed by atoms with Crippen molar-refractivity contribution in [1.82, 2.24) is 19.5 Å². The van der Waals surface area contributed by atoms with Crippen LogP contribution < -0.4 is 5.19 Å². The van der Waals surface area contributed by atoms with E-state index in [1.54, 1.807) is 0 Å². The monoisotopic (exact) mass is 1070 g/mol. The SMILES string of the molecule is CC(C)(C)Cc1cc(-c2[c-]cccc2)ncc1[Si](C)(C)C.CC(C)c1cc(-c2ccccc2)cc(C(C)C)c1-n1c(-c2[c-]ccc3c2oc2ccccc23)nc2ncc(C(C)(C)C)cc21.[Ir]. The fourth-order valence-electron chi connectivity index (χ4n) is 8.83. The van der Waals surface area contributed by atoms with Gasteiger partial charge in [-0.25, -0.2) is 4.98 Å². The molecular weight excluding hydrogens is 1000 g/mol. The molecule has 0 aliphatic rings. The summed E-state index contributed by atoms with van der Waals surface area (Å²) in [7, 11) is -1.37. The zero-order chi connectivity index (χ0) is 46.4. The maximum Gasteiger partial charge on any atom is 0.168 e. The standard InChI is InChI=1S/C40H38N3O.C19H26NSi.Ir/c1-24(2)32-20-27(26-14-9-8-10-15-26)21-33(25(3)4)36(32)43-34-22-28(40(5,6)7)23-41-38(34)42-39(43)31-18-13-17-30-29-16-11-12-19-35(29)44-37(30)31;1-19(2,3)13-16-12-17(15-10-8-7-9-11-15)20-14-18(16)21(4,5)6;/h8-17,19-25H,1-7H3;7-10,12,14H,13H2,1-6H3;/q2*-1;. The minimum atomic E-state index is -1.37. The summed E-state index contributed by atoms with van der Waals surface area (Å²) < 4.78 is 8.87. The van der Waals surface area contributed by atoms with Crippen molar-refractivity contribution in [2.45, 2.75) is 113 Å². The smallest absolute Gasteiger partial charge is 0.168 e. The molecule has 1 radical (unpaired) electrons. The van der Waals surface area contributed by atoms with Crippen LogP contribution in [0.3, 0.4) is 0 Å². The van der Waals surface area contributed by atoms with E-state index in [0.29, 0.717) is 5.65 Å². The molecule has 0 spiro atoms. The second-order valence-corrected chi connectivity index (χ2v) is 26.5. The Labute approximate surface area is 407 Å². The number of hydrogen-bond acceptors (Lipinski definition) is 4. The van der Waals surface area contributed by atoms with Crippen molar-refractivity contribution in [3.8, 4) is 39.5 Å². The van der Waals surface area contributed by atoms with E-state index in [9.17, 15) is 0 Å². The van der Waals surface area contributed by atoms with Crippen LogP contribution in [0, 0.1) is 17.5 Å². The van der Waals surface area contributed by atoms with Gasteiger partial charge in [0.25, 0.3) is 0 Å². The molecule has 0 fully saturated rings. The number of rotatable bonds is 8. The fourth-order valence-corrected chi connectivity index (χ4v) is 10.4. The molecule has 9 rings (SSSR count). The third kappa shape index (κ3) is 10.1. The maximum absolute atomic E-state index is 6.53. The van der Waals surface area contributed by atoms with Crippen molar-refractivity contribution in [2.75, 3.05) is 0 Å². The van der Waals surface area contributed by atoms with E-state index < -0.39 is 8.07 Å². The van der Waals surface area contributed by atoms with Crippen molar-refractivity contribution >= 4 is 46.4 Å². The van der Waals surface area contributed by atoms with Crippen molar-refractivity contribution in [3.05, 3.63) is 162 Å². The van der Waals surface area contributed by atoms with Crippen molar-refractivity contribution in [3.63, 3.8) is 0 Å². The number of pyridine rings is 2. The zero-order valence-corrected chi connectivity index (χ0v) is 44.4. The summed E-state index contributed by atoms with van der Waals surface area (Å²) in [5, 5.41) is 3.63. The Morgan fingerprint density at radius 3 is 1.97 bits per heavy atom. The first-order valence-corrected chi connectivity index (χ1v) is 26.7. The van der Waals surface area contributed by atoms with Crippen LogP contribution in [0.25, 0.3) is 72.6 Å². The molecule has 9 aromatic rings. The first-order valence-electron chi connectivity index (χ1n) is 23.2. The van der Waals surface area contributed by atoms with Gasteiger partial charge >= 0.3 is 0 Å². The fraction of sp³-hybridized carbons (Fsp3) is 0.305. The average molecular weight is 1070 g/mol. The molecule has 0 bridgehead atoms. The molecule has 4 aromatic heterocycles. The summed E-state index contributed by atoms with van der Waals surface area (Å²) in [6, 6.07) is 47.1. The molecule has 0 saturated heterocycles. The van der Waals surface area contributed by atoms with Crippen molar-refractivity contribution < 1.29 is 24.5 Å². The minimum Gasteiger partial charge on any atom is -0.501 e. The average Bonchev–Trinajstić information content (AvgIpc) is 3.84. The van der Waals surface area contributed by atoms with Crippen LogP contribution >= 0.6 is 0 Å². The Bertz CT molecular complexity index is 3100. The molecule has 0 atom stereocenters. The molecule has 4 heterocycles. The van der Waals surface area contributed by atoms with E-state index in [1.165, 1.54) is 44.3 Å². The molecule has 341 valence electrons. The van der Waals surface area contributed by atoms with Gasteiger partial charge in [-0.05, 0) is 92.0 Å². The van der Waals surface area contributed by atoms with Crippen LogP contribution in [-0.2, 0) is 31.9 Å². The number of aromatic nitrogens is 4. The van der Waals surface area contributed by atoms with Crippen LogP contribution in [0.4, 0.5) is 0 Å². The summed E-state index contributed by atoms with van der Waals surface area (Å²) in [6.45, 7) is 29.9. The van der Waals surface area contributed by atoms with Crippen LogP contribution in [-0.4, -0.2) is 27.6 Å². The van der Waals surface area contributed by atoms with Gasteiger partial charge < -0.3 is 14.0 Å². The Balaban J connectivity index is 0.000000249. The van der Waals surface area contributed by atoms with Gasteiger partial charge in [0.05, 0.1) is 25.0 Å². The second kappa shape index (κ2) is 19.0. The molecule has 66 heavy (non-hydrogen) atoms. The van der Waals surface area contributed by atoms with Crippen LogP contribution in [0.2, 0.25) is 19.6 Å². The number of benzene rings is 5. The number of fused-ring (bicyclic) bond motifs is 4. The molecule has 5 aromatic carbocycles. The molecule has 0 saturated carbocycles. The molecule has 0 unspecified atom stereocenters. The van der Waals surface area contributed by atoms with Gasteiger partial charge in [-0.2, -0.15) is 0 Å². The largest absolute Gasteiger partial charge is 0.501 e. The first-order chi connectivity index (χ1) is 30.8. The molecule has 0 aliphatic carbocycles. The summed E-state index contributed by atoms with van der Waals surface area (Å²) in [5.41, 5.74) is 15.3. The second-order valence-electron chi connectivity index (χ2n) is 21.5. The van der Waals surface area contributed by atoms with Crippen LogP contribution in [0.15, 0.2) is 132 Å². The predicted molar refractivity (Wildman–Crippen MR) is 277 cm³/mol. The summed E-state index contributed by atoms with van der Waals surface area (Å²) in [4.78, 5) is 14.9. The van der Waals surface area contributed by atoms with E-state index in [1.807, 2.05) is 42.6 Å². The molecule has 7 heteroatoms. The van der Waals surface area contributed by atoms with Gasteiger partial charge in [-0.15, -0.1) is 54.1 Å². The first kappa shape index (κ1) is 48.5. The van der Waals surface area contributed by atoms with Gasteiger partial charge in [0, 0.05) is 43.6 Å². The van der Waals surface area contributed by atoms with Gasteiger partial charge in [0.1, 0.15) is 5.58 Å². The molecule has 0 amide bonds. The Kier molecular flexibility index (Phi) is 14.0. The third-order valence-corrected chi connectivity index (χ3v) is 14.3. The number of furan rings is 1. The van der Waals surface area contributed by atoms with Crippen LogP contribution in [0.1, 0.15) is 103 Å². The predicted octanol–water partition coefficient (Wildman–Crippen LogP) is 15.7. The molecule has 0 N–H and O–H groups in total. The molecular formula is C59H64IrN4OSi-2. The number of hydrogen-bond donors (Lipinski definition) is 0. The van der Waals surface area contributed by atoms with Gasteiger partial charge in [-0.3, -0.25) is 4.98 Å². The van der Waals surface area contributed by atoms with Gasteiger partial charge in [0.2, 0.25) is 0 Å². The van der Waals surface area contributed by atoms with E-state index in [0.717, 1.165) is 56.5 Å². The van der Waals surface area contributed by atoms with E-state index in [-0.39, 0.29) is 42.8 Å². The van der Waals surface area contributed by atoms with Gasteiger partial charge in [-0.1, -0.05) is 160 Å². The summed E-state index contributed by atoms with van der Waals surface area (Å²) in [6.07, 6.45) is 5.18. The molecule has 5 nitrogen and oxygen atoms in total. The van der Waals surface area contributed by atoms with Gasteiger partial charge in [0.15, 0.2) is 5.65 Å². The number of para-hydroxylation sites is 1. The number of imidazole rings is 1. The number of nitrogens with zero attached hydrogens (tertiary/aromatic N) is 4. The normalized spacial score (nSPS) is 12.2. The zero-order valence-electron chi connectivity index (χ0n) is 41.0. The molecule has 0 aliphatic heterocycles. The summed E-state index contributed by atoms with van der Waals surface area (Å²) >= 11 is 0. The maximum atomic E-state index is 6.53. The Morgan fingerprint density at radius 2 is 1.35 bits per heavy atom. The summed E-state index contributed by atoms with van der Waals surface area (Å²) in [5.74, 6) is 1.32. The Hall–Kier alpha value is -5.46. The van der Waals surface area contributed by atoms with Crippen LogP contribution in [0.5, 0.6) is 0 Å². The van der Waals surface area contributed by atoms with Crippen molar-refractivity contribution in [2.24, 2.45) is 5.41 Å². The Morgan fingerprint density at radius 1 is 0.682 bits per heavy atom. The van der Waals surface area contributed by atoms with E-state index in [4.69, 9.17) is 19.4 Å². The van der Waals surface area contributed by atoms with E-state index >= 15 is 0 Å². The van der Waals surface area contributed by atoms with E-state index in [2.05, 4.69) is 191 Å². The minimum absolute atomic E-state index is 0. The quantitative estimate of drug-likeness (QED) is 0.112. The topological polar surface area (TPSA) is 56.7 Å². The third-order valence-electron chi connectivity index (χ3n) is 12.2. The van der Waals surface area contributed by atoms with Crippen molar-refractivity contribution in [1.29, 1.82) is 0 Å².